The third kappa shape index (κ3) is 3.86. The Hall–Kier alpha value is -2.33. The van der Waals surface area contributed by atoms with Gasteiger partial charge in [-0.15, -0.1) is 11.3 Å². The van der Waals surface area contributed by atoms with E-state index in [9.17, 15) is 18.0 Å². The molecular weight excluding hydrogens is 397 g/mol. The van der Waals surface area contributed by atoms with E-state index < -0.39 is 22.7 Å². The molecule has 0 spiro atoms. The van der Waals surface area contributed by atoms with E-state index in [1.54, 1.807) is 32.3 Å². The zero-order valence-electron chi connectivity index (χ0n) is 14.7. The van der Waals surface area contributed by atoms with Crippen LogP contribution in [0.15, 0.2) is 24.5 Å². The van der Waals surface area contributed by atoms with Crippen molar-refractivity contribution in [3.05, 3.63) is 45.8 Å². The van der Waals surface area contributed by atoms with Crippen molar-refractivity contribution in [2.45, 2.75) is 26.9 Å². The first-order chi connectivity index (χ1) is 12.7. The number of hydrogen-bond acceptors (Lipinski definition) is 6. The summed E-state index contributed by atoms with van der Waals surface area (Å²) < 4.78 is 39.8. The molecule has 3 heterocycles. The van der Waals surface area contributed by atoms with Crippen molar-refractivity contribution in [2.75, 3.05) is 11.4 Å². The number of thiazole rings is 2. The first-order valence-electron chi connectivity index (χ1n) is 7.96. The van der Waals surface area contributed by atoms with E-state index in [0.29, 0.717) is 15.7 Å². The van der Waals surface area contributed by atoms with Gasteiger partial charge in [0.05, 0.1) is 10.7 Å². The van der Waals surface area contributed by atoms with Crippen molar-refractivity contribution in [2.24, 2.45) is 0 Å². The third-order valence-corrected chi connectivity index (χ3v) is 5.87. The minimum Gasteiger partial charge on any atom is -0.298 e. The van der Waals surface area contributed by atoms with Gasteiger partial charge in [-0.1, -0.05) is 11.3 Å². The van der Waals surface area contributed by atoms with Gasteiger partial charge in [-0.25, -0.2) is 9.97 Å². The molecule has 0 bridgehead atoms. The average molecular weight is 412 g/mol. The molecular formula is C17H15F3N4OS2. The third-order valence-electron chi connectivity index (χ3n) is 3.68. The Morgan fingerprint density at radius 3 is 2.56 bits per heavy atom. The molecule has 0 saturated carbocycles. The number of carbonyl (C=O) groups excluding carboxylic acids is 1. The van der Waals surface area contributed by atoms with Crippen LogP contribution in [0.25, 0.3) is 10.6 Å². The topological polar surface area (TPSA) is 59.0 Å². The number of carbonyl (C=O) groups is 1. The Kier molecular flexibility index (Phi) is 5.29. The van der Waals surface area contributed by atoms with Gasteiger partial charge in [-0.05, 0) is 32.9 Å². The van der Waals surface area contributed by atoms with Crippen LogP contribution in [-0.2, 0) is 6.18 Å². The van der Waals surface area contributed by atoms with Gasteiger partial charge in [0.25, 0.3) is 5.91 Å². The molecule has 5 nitrogen and oxygen atoms in total. The number of pyridine rings is 1. The van der Waals surface area contributed by atoms with Crippen LogP contribution >= 0.6 is 22.7 Å². The van der Waals surface area contributed by atoms with Gasteiger partial charge in [0.1, 0.15) is 14.9 Å². The Morgan fingerprint density at radius 2 is 1.96 bits per heavy atom. The minimum atomic E-state index is -4.68. The molecule has 0 radical (unpaired) electrons. The van der Waals surface area contributed by atoms with Gasteiger partial charge in [0, 0.05) is 24.5 Å². The summed E-state index contributed by atoms with van der Waals surface area (Å²) in [6.07, 6.45) is -1.40. The summed E-state index contributed by atoms with van der Waals surface area (Å²) in [7, 11) is 0. The highest BCUT2D eigenvalue weighted by molar-refractivity contribution is 7.19. The van der Waals surface area contributed by atoms with Crippen LogP contribution in [0.4, 0.5) is 18.2 Å². The molecule has 0 atom stereocenters. The first-order valence-corrected chi connectivity index (χ1v) is 9.60. The van der Waals surface area contributed by atoms with Crippen LogP contribution in [0.2, 0.25) is 0 Å². The molecule has 0 saturated heterocycles. The summed E-state index contributed by atoms with van der Waals surface area (Å²) in [5, 5.41) is 1.36. The smallest absolute Gasteiger partial charge is 0.298 e. The zero-order valence-corrected chi connectivity index (χ0v) is 16.3. The number of alkyl halides is 3. The van der Waals surface area contributed by atoms with E-state index in [2.05, 4.69) is 15.0 Å². The molecule has 10 heteroatoms. The summed E-state index contributed by atoms with van der Waals surface area (Å²) in [6, 6.07) is 3.60. The fraction of sp³-hybridized carbons (Fsp3) is 0.294. The number of anilines is 1. The lowest BCUT2D eigenvalue weighted by molar-refractivity contribution is -0.141. The van der Waals surface area contributed by atoms with Crippen molar-refractivity contribution in [3.8, 4) is 10.6 Å². The van der Waals surface area contributed by atoms with E-state index in [1.807, 2.05) is 6.07 Å². The number of rotatable bonds is 4. The maximum absolute atomic E-state index is 13.3. The summed E-state index contributed by atoms with van der Waals surface area (Å²) in [6.45, 7) is 5.10. The Balaban J connectivity index is 2.02. The van der Waals surface area contributed by atoms with Gasteiger partial charge in [-0.3, -0.25) is 14.7 Å². The van der Waals surface area contributed by atoms with Crippen LogP contribution in [0, 0.1) is 13.8 Å². The Bertz CT molecular complexity index is 966. The minimum absolute atomic E-state index is 0.193. The van der Waals surface area contributed by atoms with Crippen LogP contribution in [-0.4, -0.2) is 27.4 Å². The molecule has 3 aromatic heterocycles. The highest BCUT2D eigenvalue weighted by atomic mass is 32.1. The maximum atomic E-state index is 13.3. The van der Waals surface area contributed by atoms with Gasteiger partial charge >= 0.3 is 6.18 Å². The predicted molar refractivity (Wildman–Crippen MR) is 99.3 cm³/mol. The molecule has 3 aromatic rings. The molecule has 3 rings (SSSR count). The van der Waals surface area contributed by atoms with Crippen molar-refractivity contribution in [1.29, 1.82) is 0 Å². The monoisotopic (exact) mass is 412 g/mol. The van der Waals surface area contributed by atoms with Crippen LogP contribution < -0.4 is 4.90 Å². The lowest BCUT2D eigenvalue weighted by Crippen LogP contribution is -2.31. The second kappa shape index (κ2) is 7.35. The second-order valence-corrected chi connectivity index (χ2v) is 7.79. The van der Waals surface area contributed by atoms with Gasteiger partial charge < -0.3 is 0 Å². The van der Waals surface area contributed by atoms with E-state index >= 15 is 0 Å². The molecule has 0 unspecified atom stereocenters. The van der Waals surface area contributed by atoms with Crippen molar-refractivity contribution < 1.29 is 18.0 Å². The molecule has 0 aliphatic carbocycles. The second-order valence-electron chi connectivity index (χ2n) is 5.61. The Morgan fingerprint density at radius 1 is 1.22 bits per heavy atom. The Labute approximate surface area is 161 Å². The van der Waals surface area contributed by atoms with Crippen molar-refractivity contribution in [3.63, 3.8) is 0 Å². The average Bonchev–Trinajstić information content (AvgIpc) is 3.20. The number of hydrogen-bond donors (Lipinski definition) is 0. The van der Waals surface area contributed by atoms with Gasteiger partial charge in [-0.2, -0.15) is 13.2 Å². The molecule has 0 aliphatic rings. The fourth-order valence-electron chi connectivity index (χ4n) is 2.52. The van der Waals surface area contributed by atoms with Gasteiger partial charge in [0.2, 0.25) is 0 Å². The summed E-state index contributed by atoms with van der Waals surface area (Å²) in [4.78, 5) is 25.8. The number of aryl methyl sites for hydroxylation is 2. The SMILES string of the molecule is CCN(C(=O)c1sc(C)nc1C(F)(F)F)c1sc(-c2cccnc2)nc1C. The maximum Gasteiger partial charge on any atom is 0.435 e. The molecule has 0 aliphatic heterocycles. The fourth-order valence-corrected chi connectivity index (χ4v) is 4.53. The number of nitrogens with zero attached hydrogens (tertiary/aromatic N) is 4. The predicted octanol–water partition coefficient (Wildman–Crippen LogP) is 4.96. The lowest BCUT2D eigenvalue weighted by atomic mass is 10.3. The molecule has 0 N–H and O–H groups in total. The quantitative estimate of drug-likeness (QED) is 0.607. The van der Waals surface area contributed by atoms with Crippen molar-refractivity contribution in [1.82, 2.24) is 15.0 Å². The number of amides is 1. The van der Waals surface area contributed by atoms with E-state index in [4.69, 9.17) is 0 Å². The van der Waals surface area contributed by atoms with E-state index in [0.717, 1.165) is 16.9 Å². The summed E-state index contributed by atoms with van der Waals surface area (Å²) in [5.41, 5.74) is 0.219. The molecule has 1 amide bonds. The molecule has 142 valence electrons. The molecule has 27 heavy (non-hydrogen) atoms. The summed E-state index contributed by atoms with van der Waals surface area (Å²) >= 11 is 1.99. The van der Waals surface area contributed by atoms with Crippen LogP contribution in [0.1, 0.15) is 33.0 Å². The zero-order chi connectivity index (χ0) is 19.8. The highest BCUT2D eigenvalue weighted by Crippen LogP contribution is 2.38. The van der Waals surface area contributed by atoms with Gasteiger partial charge in [0.15, 0.2) is 5.69 Å². The van der Waals surface area contributed by atoms with E-state index in [-0.39, 0.29) is 11.6 Å². The molecule has 0 fully saturated rings. The molecule has 0 aromatic carbocycles. The standard InChI is InChI=1S/C17H15F3N4OS2/c1-4-24(15(25)12-13(17(18,19)20)23-10(3)26-12)16-9(2)22-14(27-16)11-6-5-7-21-8-11/h5-8H,4H2,1-3H3. The lowest BCUT2D eigenvalue weighted by Gasteiger charge is -2.19. The summed E-state index contributed by atoms with van der Waals surface area (Å²) in [5.74, 6) is -0.722. The van der Waals surface area contributed by atoms with E-state index in [1.165, 1.54) is 23.2 Å². The highest BCUT2D eigenvalue weighted by Gasteiger charge is 2.40. The first kappa shape index (κ1) is 19.4. The van der Waals surface area contributed by atoms with Crippen LogP contribution in [0.5, 0.6) is 0 Å². The normalized spacial score (nSPS) is 11.6. The van der Waals surface area contributed by atoms with Crippen LogP contribution in [0.3, 0.4) is 0 Å². The number of halogens is 3. The van der Waals surface area contributed by atoms with Crippen molar-refractivity contribution >= 4 is 33.6 Å². The number of aromatic nitrogens is 3. The largest absolute Gasteiger partial charge is 0.435 e.